The number of carbonyl (C=O) groups excluding carboxylic acids is 1. The van der Waals surface area contributed by atoms with Crippen molar-refractivity contribution in [3.63, 3.8) is 0 Å². The molecule has 0 atom stereocenters. The Balaban J connectivity index is 2.09. The molecule has 1 aromatic rings. The lowest BCUT2D eigenvalue weighted by Crippen LogP contribution is -2.23. The van der Waals surface area contributed by atoms with Gasteiger partial charge in [-0.2, -0.15) is 0 Å². The number of hydrogen-bond donors (Lipinski definition) is 1. The van der Waals surface area contributed by atoms with Gasteiger partial charge < -0.3 is 5.32 Å². The van der Waals surface area contributed by atoms with Crippen molar-refractivity contribution in [2.75, 3.05) is 12.3 Å². The summed E-state index contributed by atoms with van der Waals surface area (Å²) >= 11 is 7.55. The molecule has 98 valence electrons. The summed E-state index contributed by atoms with van der Waals surface area (Å²) in [6.45, 7) is 4.30. The highest BCUT2D eigenvalue weighted by Gasteiger charge is 2.00. The SMILES string of the molecule is C=CCCNC(=O)CCCSc1ccc(Cl)cc1. The molecule has 1 rings (SSSR count). The molecular formula is C14H18ClNOS. The number of nitrogens with one attached hydrogen (secondary N) is 1. The molecule has 0 saturated heterocycles. The van der Waals surface area contributed by atoms with Gasteiger partial charge >= 0.3 is 0 Å². The maximum absolute atomic E-state index is 11.4. The fourth-order valence-corrected chi connectivity index (χ4v) is 2.33. The van der Waals surface area contributed by atoms with Crippen LogP contribution in [0.4, 0.5) is 0 Å². The molecule has 0 saturated carbocycles. The Morgan fingerprint density at radius 1 is 1.39 bits per heavy atom. The maximum atomic E-state index is 11.4. The zero-order valence-corrected chi connectivity index (χ0v) is 11.9. The van der Waals surface area contributed by atoms with Gasteiger partial charge in [0.2, 0.25) is 5.91 Å². The molecule has 4 heteroatoms. The van der Waals surface area contributed by atoms with Gasteiger partial charge in [-0.3, -0.25) is 4.79 Å². The van der Waals surface area contributed by atoms with Gasteiger partial charge in [0.05, 0.1) is 0 Å². The van der Waals surface area contributed by atoms with Crippen LogP contribution in [0, 0.1) is 0 Å². The van der Waals surface area contributed by atoms with Crippen LogP contribution in [0.1, 0.15) is 19.3 Å². The Morgan fingerprint density at radius 3 is 2.78 bits per heavy atom. The van der Waals surface area contributed by atoms with Crippen molar-refractivity contribution in [2.45, 2.75) is 24.2 Å². The lowest BCUT2D eigenvalue weighted by atomic mass is 10.3. The summed E-state index contributed by atoms with van der Waals surface area (Å²) in [5, 5.41) is 3.60. The van der Waals surface area contributed by atoms with Crippen molar-refractivity contribution in [3.05, 3.63) is 41.9 Å². The van der Waals surface area contributed by atoms with Crippen molar-refractivity contribution in [1.29, 1.82) is 0 Å². The normalized spacial score (nSPS) is 10.1. The number of halogens is 1. The van der Waals surface area contributed by atoms with Crippen LogP contribution in [0.15, 0.2) is 41.8 Å². The summed E-state index contributed by atoms with van der Waals surface area (Å²) in [6.07, 6.45) is 4.09. The minimum atomic E-state index is 0.119. The topological polar surface area (TPSA) is 29.1 Å². The minimum absolute atomic E-state index is 0.119. The Labute approximate surface area is 118 Å². The molecule has 1 amide bonds. The molecule has 0 fully saturated rings. The van der Waals surface area contributed by atoms with Gasteiger partial charge in [0.25, 0.3) is 0 Å². The third-order valence-electron chi connectivity index (χ3n) is 2.30. The molecule has 1 N–H and O–H groups in total. The second-order valence-corrected chi connectivity index (χ2v) is 5.44. The standard InChI is InChI=1S/C14H18ClNOS/c1-2-3-10-16-14(17)5-4-11-18-13-8-6-12(15)7-9-13/h2,6-9H,1,3-5,10-11H2,(H,16,17). The first-order valence-corrected chi connectivity index (χ1v) is 7.34. The third-order valence-corrected chi connectivity index (χ3v) is 3.65. The highest BCUT2D eigenvalue weighted by Crippen LogP contribution is 2.21. The van der Waals surface area contributed by atoms with E-state index in [1.807, 2.05) is 24.3 Å². The van der Waals surface area contributed by atoms with Crippen LogP contribution in [0.5, 0.6) is 0 Å². The van der Waals surface area contributed by atoms with Crippen molar-refractivity contribution in [2.24, 2.45) is 0 Å². The molecule has 0 aliphatic rings. The zero-order valence-electron chi connectivity index (χ0n) is 10.3. The van der Waals surface area contributed by atoms with Crippen LogP contribution in [0.2, 0.25) is 5.02 Å². The smallest absolute Gasteiger partial charge is 0.220 e. The Kier molecular flexibility index (Phi) is 7.62. The predicted octanol–water partition coefficient (Wildman–Crippen LogP) is 3.90. The van der Waals surface area contributed by atoms with Gasteiger partial charge in [0.15, 0.2) is 0 Å². The average Bonchev–Trinajstić information content (AvgIpc) is 2.37. The largest absolute Gasteiger partial charge is 0.356 e. The highest BCUT2D eigenvalue weighted by atomic mass is 35.5. The van der Waals surface area contributed by atoms with Crippen LogP contribution in [-0.4, -0.2) is 18.2 Å². The maximum Gasteiger partial charge on any atom is 0.220 e. The second kappa shape index (κ2) is 9.06. The lowest BCUT2D eigenvalue weighted by molar-refractivity contribution is -0.121. The van der Waals surface area contributed by atoms with Crippen LogP contribution < -0.4 is 5.32 Å². The molecule has 2 nitrogen and oxygen atoms in total. The zero-order chi connectivity index (χ0) is 13.2. The summed E-state index contributed by atoms with van der Waals surface area (Å²) < 4.78 is 0. The lowest BCUT2D eigenvalue weighted by Gasteiger charge is -2.04. The number of amides is 1. The van der Waals surface area contributed by atoms with Gasteiger partial charge in [0, 0.05) is 22.9 Å². The number of rotatable bonds is 8. The van der Waals surface area contributed by atoms with Crippen molar-refractivity contribution in [3.8, 4) is 0 Å². The summed E-state index contributed by atoms with van der Waals surface area (Å²) in [6, 6.07) is 7.76. The van der Waals surface area contributed by atoms with Crippen LogP contribution >= 0.6 is 23.4 Å². The molecule has 0 unspecified atom stereocenters. The third kappa shape index (κ3) is 6.72. The van der Waals surface area contributed by atoms with Crippen molar-refractivity contribution in [1.82, 2.24) is 5.32 Å². The van der Waals surface area contributed by atoms with E-state index >= 15 is 0 Å². The summed E-state index contributed by atoms with van der Waals surface area (Å²) in [5.41, 5.74) is 0. The molecule has 0 bridgehead atoms. The highest BCUT2D eigenvalue weighted by molar-refractivity contribution is 7.99. The molecule has 0 radical (unpaired) electrons. The molecule has 0 aliphatic carbocycles. The fourth-order valence-electron chi connectivity index (χ4n) is 1.36. The first kappa shape index (κ1) is 15.1. The van der Waals surface area contributed by atoms with Gasteiger partial charge in [-0.1, -0.05) is 17.7 Å². The van der Waals surface area contributed by atoms with Gasteiger partial charge in [0.1, 0.15) is 0 Å². The average molecular weight is 284 g/mol. The van der Waals surface area contributed by atoms with E-state index in [1.54, 1.807) is 17.8 Å². The molecular weight excluding hydrogens is 266 g/mol. The van der Waals surface area contributed by atoms with E-state index < -0.39 is 0 Å². The number of thioether (sulfide) groups is 1. The molecule has 1 aromatic carbocycles. The van der Waals surface area contributed by atoms with Crippen LogP contribution in [-0.2, 0) is 4.79 Å². The molecule has 0 heterocycles. The van der Waals surface area contributed by atoms with Crippen molar-refractivity contribution < 1.29 is 4.79 Å². The van der Waals surface area contributed by atoms with Crippen LogP contribution in [0.25, 0.3) is 0 Å². The first-order valence-electron chi connectivity index (χ1n) is 5.98. The Hall–Kier alpha value is -0.930. The van der Waals surface area contributed by atoms with E-state index in [9.17, 15) is 4.79 Å². The van der Waals surface area contributed by atoms with Gasteiger partial charge in [-0.05, 0) is 42.9 Å². The van der Waals surface area contributed by atoms with E-state index in [0.29, 0.717) is 13.0 Å². The second-order valence-electron chi connectivity index (χ2n) is 3.83. The molecule has 0 aromatic heterocycles. The minimum Gasteiger partial charge on any atom is -0.356 e. The van der Waals surface area contributed by atoms with E-state index in [4.69, 9.17) is 11.6 Å². The number of hydrogen-bond acceptors (Lipinski definition) is 2. The van der Waals surface area contributed by atoms with E-state index in [2.05, 4.69) is 11.9 Å². The number of carbonyl (C=O) groups is 1. The monoisotopic (exact) mass is 283 g/mol. The van der Waals surface area contributed by atoms with E-state index in [1.165, 1.54) is 4.90 Å². The quantitative estimate of drug-likeness (QED) is 0.445. The Bertz CT molecular complexity index is 378. The van der Waals surface area contributed by atoms with Crippen molar-refractivity contribution >= 4 is 29.3 Å². The summed E-state index contributed by atoms with van der Waals surface area (Å²) in [7, 11) is 0. The summed E-state index contributed by atoms with van der Waals surface area (Å²) in [4.78, 5) is 12.6. The predicted molar refractivity (Wildman–Crippen MR) is 79.2 cm³/mol. The molecule has 0 spiro atoms. The fraction of sp³-hybridized carbons (Fsp3) is 0.357. The molecule has 18 heavy (non-hydrogen) atoms. The van der Waals surface area contributed by atoms with Gasteiger partial charge in [-0.15, -0.1) is 18.3 Å². The Morgan fingerprint density at radius 2 is 2.11 bits per heavy atom. The summed E-state index contributed by atoms with van der Waals surface area (Å²) in [5.74, 6) is 1.06. The van der Waals surface area contributed by atoms with Crippen LogP contribution in [0.3, 0.4) is 0 Å². The van der Waals surface area contributed by atoms with Gasteiger partial charge in [-0.25, -0.2) is 0 Å². The van der Waals surface area contributed by atoms with E-state index in [-0.39, 0.29) is 5.91 Å². The first-order chi connectivity index (χ1) is 8.72. The molecule has 0 aliphatic heterocycles. The van der Waals surface area contributed by atoms with E-state index in [0.717, 1.165) is 23.6 Å². The number of benzene rings is 1.